The molecule has 1 saturated carbocycles. The van der Waals surface area contributed by atoms with Crippen LogP contribution in [0.4, 0.5) is 0 Å². The first-order valence-corrected chi connectivity index (χ1v) is 7.44. The minimum Gasteiger partial charge on any atom is -0.305 e. The molecule has 2 heterocycles. The molecule has 1 N–H and O–H groups in total. The van der Waals surface area contributed by atoms with E-state index in [1.54, 1.807) is 0 Å². The van der Waals surface area contributed by atoms with Crippen LogP contribution in [0.25, 0.3) is 0 Å². The normalized spacial score (nSPS) is 33.7. The Bertz CT molecular complexity index is 365. The van der Waals surface area contributed by atoms with Crippen LogP contribution in [0.15, 0.2) is 22.1 Å². The second kappa shape index (κ2) is 5.27. The van der Waals surface area contributed by atoms with Gasteiger partial charge in [0.2, 0.25) is 6.29 Å². The van der Waals surface area contributed by atoms with E-state index in [4.69, 9.17) is 0 Å². The van der Waals surface area contributed by atoms with Crippen molar-refractivity contribution in [2.24, 2.45) is 16.1 Å². The van der Waals surface area contributed by atoms with Crippen LogP contribution >= 0.6 is 16.1 Å². The van der Waals surface area contributed by atoms with Gasteiger partial charge >= 0.3 is 0 Å². The average molecular weight is 314 g/mol. The van der Waals surface area contributed by atoms with Gasteiger partial charge in [0, 0.05) is 18.5 Å². The van der Waals surface area contributed by atoms with Crippen molar-refractivity contribution in [1.82, 2.24) is 14.1 Å². The van der Waals surface area contributed by atoms with E-state index in [1.165, 1.54) is 37.9 Å². The molecule has 2 aliphatic heterocycles. The van der Waals surface area contributed by atoms with Gasteiger partial charge in [-0.15, -0.1) is 5.11 Å². The van der Waals surface area contributed by atoms with Crippen molar-refractivity contribution in [2.75, 3.05) is 20.1 Å². The predicted octanol–water partition coefficient (Wildman–Crippen LogP) is 2.28. The minimum absolute atomic E-state index is 0.0536. The summed E-state index contributed by atoms with van der Waals surface area (Å²) in [6.45, 7) is 2.30. The van der Waals surface area contributed by atoms with Crippen LogP contribution in [-0.4, -0.2) is 41.3 Å². The molecule has 2 fully saturated rings. The number of azo groups is 1. The summed E-state index contributed by atoms with van der Waals surface area (Å²) in [4.78, 5) is 2.37. The summed E-state index contributed by atoms with van der Waals surface area (Å²) in [5.41, 5.74) is 1.27. The maximum absolute atomic E-state index is 4.29. The number of halogens is 1. The Kier molecular flexibility index (Phi) is 3.68. The van der Waals surface area contributed by atoms with Gasteiger partial charge < -0.3 is 4.90 Å². The summed E-state index contributed by atoms with van der Waals surface area (Å²) in [7, 11) is 2.18. The summed E-state index contributed by atoms with van der Waals surface area (Å²) in [6.07, 6.45) is 6.87. The molecule has 0 aromatic heterocycles. The first-order valence-electron chi connectivity index (χ1n) is 6.73. The Morgan fingerprint density at radius 2 is 2.22 bits per heavy atom. The van der Waals surface area contributed by atoms with Crippen LogP contribution in [0.1, 0.15) is 25.7 Å². The van der Waals surface area contributed by atoms with Crippen LogP contribution in [0.5, 0.6) is 0 Å². The predicted molar refractivity (Wildman–Crippen MR) is 73.9 cm³/mol. The van der Waals surface area contributed by atoms with Crippen molar-refractivity contribution >= 4 is 16.1 Å². The SMILES string of the molecule is CN1CCCC(N[C@@H]2N=NC=C(C3CC3)N2Br)C1. The molecule has 18 heavy (non-hydrogen) atoms. The summed E-state index contributed by atoms with van der Waals surface area (Å²) < 4.78 is 2.08. The van der Waals surface area contributed by atoms with E-state index in [0.29, 0.717) is 12.0 Å². The highest BCUT2D eigenvalue weighted by molar-refractivity contribution is 9.07. The van der Waals surface area contributed by atoms with E-state index < -0.39 is 0 Å². The lowest BCUT2D eigenvalue weighted by Gasteiger charge is -2.35. The molecule has 6 heteroatoms. The number of likely N-dealkylation sites (tertiary alicyclic amines) is 1. The van der Waals surface area contributed by atoms with Crippen LogP contribution in [-0.2, 0) is 0 Å². The second-order valence-corrected chi connectivity index (χ2v) is 6.28. The molecule has 0 aromatic rings. The number of allylic oxidation sites excluding steroid dienone is 1. The molecular weight excluding hydrogens is 294 g/mol. The number of hydrogen-bond acceptors (Lipinski definition) is 5. The van der Waals surface area contributed by atoms with Crippen LogP contribution in [0, 0.1) is 5.92 Å². The molecule has 3 aliphatic rings. The van der Waals surface area contributed by atoms with Gasteiger partial charge in [-0.2, -0.15) is 5.11 Å². The molecule has 0 aromatic carbocycles. The van der Waals surface area contributed by atoms with Gasteiger partial charge in [-0.05, 0) is 39.3 Å². The van der Waals surface area contributed by atoms with E-state index in [2.05, 4.69) is 47.6 Å². The third kappa shape index (κ3) is 2.75. The molecular formula is C12H20BrN5. The summed E-state index contributed by atoms with van der Waals surface area (Å²) in [5, 5.41) is 12.0. The quantitative estimate of drug-likeness (QED) is 0.813. The zero-order valence-corrected chi connectivity index (χ0v) is 12.3. The van der Waals surface area contributed by atoms with Crippen molar-refractivity contribution in [1.29, 1.82) is 0 Å². The highest BCUT2D eigenvalue weighted by atomic mass is 79.9. The smallest absolute Gasteiger partial charge is 0.206 e. The third-order valence-electron chi connectivity index (χ3n) is 3.83. The fourth-order valence-electron chi connectivity index (χ4n) is 2.67. The van der Waals surface area contributed by atoms with Crippen molar-refractivity contribution in [3.8, 4) is 0 Å². The van der Waals surface area contributed by atoms with Crippen molar-refractivity contribution in [3.63, 3.8) is 0 Å². The van der Waals surface area contributed by atoms with E-state index >= 15 is 0 Å². The minimum atomic E-state index is -0.0536. The standard InChI is InChI=1S/C12H20BrN5/c1-17-6-2-3-10(8-17)15-12-16-14-7-11(18(12)13)9-4-5-9/h7,9-10,12,15H,2-6,8H2,1H3/t10?,12-/m1/s1. The third-order valence-corrected chi connectivity index (χ3v) is 4.63. The first-order chi connectivity index (χ1) is 8.74. The zero-order valence-electron chi connectivity index (χ0n) is 10.7. The van der Waals surface area contributed by atoms with Crippen LogP contribution in [0.3, 0.4) is 0 Å². The monoisotopic (exact) mass is 313 g/mol. The van der Waals surface area contributed by atoms with E-state index in [0.717, 1.165) is 6.54 Å². The van der Waals surface area contributed by atoms with E-state index in [1.807, 2.05) is 6.20 Å². The molecule has 1 saturated heterocycles. The number of rotatable bonds is 3. The number of hydrogen-bond donors (Lipinski definition) is 1. The molecule has 0 radical (unpaired) electrons. The van der Waals surface area contributed by atoms with Gasteiger partial charge in [0.25, 0.3) is 0 Å². The lowest BCUT2D eigenvalue weighted by Crippen LogP contribution is -2.51. The van der Waals surface area contributed by atoms with Gasteiger partial charge in [0.15, 0.2) is 0 Å². The molecule has 2 atom stereocenters. The molecule has 5 nitrogen and oxygen atoms in total. The lowest BCUT2D eigenvalue weighted by atomic mass is 10.1. The molecule has 0 amide bonds. The number of nitrogens with one attached hydrogen (secondary N) is 1. The second-order valence-electron chi connectivity index (χ2n) is 5.51. The highest BCUT2D eigenvalue weighted by Gasteiger charge is 2.34. The Morgan fingerprint density at radius 1 is 1.39 bits per heavy atom. The average Bonchev–Trinajstić information content (AvgIpc) is 3.16. The molecule has 1 aliphatic carbocycles. The highest BCUT2D eigenvalue weighted by Crippen LogP contribution is 2.41. The number of piperidine rings is 1. The maximum Gasteiger partial charge on any atom is 0.206 e. The van der Waals surface area contributed by atoms with Gasteiger partial charge in [-0.25, -0.2) is 0 Å². The Hall–Kier alpha value is -0.460. The Morgan fingerprint density at radius 3 is 2.94 bits per heavy atom. The lowest BCUT2D eigenvalue weighted by molar-refractivity contribution is 0.193. The largest absolute Gasteiger partial charge is 0.305 e. The van der Waals surface area contributed by atoms with Crippen molar-refractivity contribution in [3.05, 3.63) is 11.9 Å². The molecule has 0 spiro atoms. The number of nitrogens with zero attached hydrogens (tertiary/aromatic N) is 4. The summed E-state index contributed by atoms with van der Waals surface area (Å²) in [5.74, 6) is 0.682. The summed E-state index contributed by atoms with van der Waals surface area (Å²) >= 11 is 3.64. The maximum atomic E-state index is 4.29. The van der Waals surface area contributed by atoms with Gasteiger partial charge in [0.1, 0.15) is 0 Å². The molecule has 0 bridgehead atoms. The van der Waals surface area contributed by atoms with E-state index in [-0.39, 0.29) is 6.29 Å². The van der Waals surface area contributed by atoms with E-state index in [9.17, 15) is 0 Å². The molecule has 3 rings (SSSR count). The van der Waals surface area contributed by atoms with Gasteiger partial charge in [-0.3, -0.25) is 9.24 Å². The summed E-state index contributed by atoms with van der Waals surface area (Å²) in [6, 6.07) is 0.506. The molecule has 1 unspecified atom stereocenters. The first kappa shape index (κ1) is 12.6. The molecule has 100 valence electrons. The van der Waals surface area contributed by atoms with Gasteiger partial charge in [-0.1, -0.05) is 0 Å². The van der Waals surface area contributed by atoms with Crippen molar-refractivity contribution in [2.45, 2.75) is 38.0 Å². The fourth-order valence-corrected chi connectivity index (χ4v) is 3.25. The van der Waals surface area contributed by atoms with Crippen LogP contribution in [0.2, 0.25) is 0 Å². The Labute approximate surface area is 117 Å². The zero-order chi connectivity index (χ0) is 12.5. The van der Waals surface area contributed by atoms with Crippen molar-refractivity contribution < 1.29 is 0 Å². The van der Waals surface area contributed by atoms with Gasteiger partial charge in [0.05, 0.1) is 28.0 Å². The Balaban J connectivity index is 1.59. The fraction of sp³-hybridized carbons (Fsp3) is 0.833. The number of likely N-dealkylation sites (N-methyl/N-ethyl adjacent to an activating group) is 1. The topological polar surface area (TPSA) is 43.2 Å². The van der Waals surface area contributed by atoms with Crippen LogP contribution < -0.4 is 5.32 Å².